The number of carbonyl (C=O) groups is 1. The molecule has 170 valence electrons. The van der Waals surface area contributed by atoms with Crippen LogP contribution in [0.25, 0.3) is 16.7 Å². The molecule has 1 amide bonds. The van der Waals surface area contributed by atoms with E-state index < -0.39 is 0 Å². The van der Waals surface area contributed by atoms with Gasteiger partial charge in [-0.05, 0) is 42.3 Å². The summed E-state index contributed by atoms with van der Waals surface area (Å²) in [7, 11) is 0. The molecule has 2 aromatic heterocycles. The van der Waals surface area contributed by atoms with Crippen LogP contribution in [0.1, 0.15) is 17.8 Å². The van der Waals surface area contributed by atoms with Crippen LogP contribution in [-0.4, -0.2) is 25.1 Å². The predicted octanol–water partition coefficient (Wildman–Crippen LogP) is 4.51. The molecule has 0 radical (unpaired) electrons. The van der Waals surface area contributed by atoms with E-state index in [0.717, 1.165) is 11.1 Å². The summed E-state index contributed by atoms with van der Waals surface area (Å²) in [6.07, 6.45) is 1.28. The number of benzene rings is 3. The number of aromatic nitrogens is 4. The van der Waals surface area contributed by atoms with Crippen LogP contribution in [0.2, 0.25) is 5.02 Å². The maximum Gasteiger partial charge on any atom is 0.262 e. The topological polar surface area (TPSA) is 81.3 Å². The van der Waals surface area contributed by atoms with Gasteiger partial charge in [-0.25, -0.2) is 0 Å². The summed E-state index contributed by atoms with van der Waals surface area (Å²) < 4.78 is 3.55. The Morgan fingerprint density at radius 3 is 2.53 bits per heavy atom. The highest BCUT2D eigenvalue weighted by atomic mass is 35.5. The lowest BCUT2D eigenvalue weighted by molar-refractivity contribution is -0.116. The van der Waals surface area contributed by atoms with E-state index in [0.29, 0.717) is 47.1 Å². The fourth-order valence-corrected chi connectivity index (χ4v) is 4.27. The molecule has 8 heteroatoms. The lowest BCUT2D eigenvalue weighted by Crippen LogP contribution is -2.24. The molecule has 1 N–H and O–H groups in total. The molecule has 0 spiro atoms. The molecular weight excluding hydrogens is 450 g/mol. The Morgan fingerprint density at radius 2 is 1.71 bits per heavy atom. The highest BCUT2D eigenvalue weighted by molar-refractivity contribution is 6.30. The van der Waals surface area contributed by atoms with Gasteiger partial charge in [0.05, 0.1) is 10.9 Å². The molecule has 3 aromatic carbocycles. The zero-order valence-electron chi connectivity index (χ0n) is 18.3. The van der Waals surface area contributed by atoms with E-state index in [9.17, 15) is 9.59 Å². The number of hydrogen-bond acceptors (Lipinski definition) is 4. The quantitative estimate of drug-likeness (QED) is 0.378. The molecule has 0 aliphatic rings. The van der Waals surface area contributed by atoms with Crippen LogP contribution >= 0.6 is 11.6 Å². The van der Waals surface area contributed by atoms with Gasteiger partial charge >= 0.3 is 0 Å². The molecular formula is C26H22ClN5O2. The van der Waals surface area contributed by atoms with Crippen LogP contribution in [0.4, 0.5) is 5.69 Å². The number of halogens is 1. The largest absolute Gasteiger partial charge is 0.326 e. The lowest BCUT2D eigenvalue weighted by Gasteiger charge is -2.11. The third-order valence-corrected chi connectivity index (χ3v) is 5.96. The standard InChI is InChI=1S/C26H22ClN5O2/c27-19-9-6-10-20(17-19)28-24(33)14-13-23-29-30-26-31(16-15-18-7-2-1-3-8-18)25(34)21-11-4-5-12-22(21)32(23)26/h1-12,17H,13-16H2,(H,28,33). The summed E-state index contributed by atoms with van der Waals surface area (Å²) in [5.41, 5.74) is 2.41. The van der Waals surface area contributed by atoms with Crippen molar-refractivity contribution in [1.82, 2.24) is 19.2 Å². The van der Waals surface area contributed by atoms with Crippen LogP contribution in [-0.2, 0) is 24.2 Å². The van der Waals surface area contributed by atoms with Crippen molar-refractivity contribution >= 4 is 39.9 Å². The molecule has 0 unspecified atom stereocenters. The summed E-state index contributed by atoms with van der Waals surface area (Å²) in [5, 5.41) is 12.7. The Balaban J connectivity index is 1.45. The zero-order valence-corrected chi connectivity index (χ0v) is 19.1. The van der Waals surface area contributed by atoms with Crippen molar-refractivity contribution in [3.63, 3.8) is 0 Å². The fraction of sp³-hybridized carbons (Fsp3) is 0.154. The number of amides is 1. The Labute approximate surface area is 200 Å². The average molecular weight is 472 g/mol. The average Bonchev–Trinajstić information content (AvgIpc) is 3.27. The predicted molar refractivity (Wildman–Crippen MR) is 133 cm³/mol. The highest BCUT2D eigenvalue weighted by Gasteiger charge is 2.17. The Kier molecular flexibility index (Phi) is 6.10. The van der Waals surface area contributed by atoms with Crippen LogP contribution in [0.5, 0.6) is 0 Å². The molecule has 34 heavy (non-hydrogen) atoms. The first-order valence-corrected chi connectivity index (χ1v) is 11.4. The number of aryl methyl sites for hydroxylation is 3. The second-order valence-electron chi connectivity index (χ2n) is 8.02. The first-order valence-electron chi connectivity index (χ1n) is 11.0. The van der Waals surface area contributed by atoms with Gasteiger partial charge in [-0.1, -0.05) is 60.1 Å². The highest BCUT2D eigenvalue weighted by Crippen LogP contribution is 2.18. The number of hydrogen-bond donors (Lipinski definition) is 1. The number of nitrogens with one attached hydrogen (secondary N) is 1. The van der Waals surface area contributed by atoms with E-state index in [-0.39, 0.29) is 17.9 Å². The van der Waals surface area contributed by atoms with Gasteiger partial charge in [0.1, 0.15) is 5.82 Å². The molecule has 0 saturated carbocycles. The Bertz CT molecular complexity index is 1540. The van der Waals surface area contributed by atoms with E-state index in [1.807, 2.05) is 59.0 Å². The first kappa shape index (κ1) is 21.9. The number of para-hydroxylation sites is 1. The van der Waals surface area contributed by atoms with Crippen molar-refractivity contribution in [2.24, 2.45) is 0 Å². The minimum absolute atomic E-state index is 0.100. The van der Waals surface area contributed by atoms with Crippen molar-refractivity contribution < 1.29 is 4.79 Å². The second-order valence-corrected chi connectivity index (χ2v) is 8.46. The van der Waals surface area contributed by atoms with Gasteiger partial charge in [-0.2, -0.15) is 0 Å². The van der Waals surface area contributed by atoms with E-state index in [4.69, 9.17) is 11.6 Å². The van der Waals surface area contributed by atoms with Gasteiger partial charge < -0.3 is 5.32 Å². The molecule has 7 nitrogen and oxygen atoms in total. The molecule has 0 fully saturated rings. The maximum atomic E-state index is 13.3. The van der Waals surface area contributed by atoms with Crippen LogP contribution in [0.15, 0.2) is 83.7 Å². The lowest BCUT2D eigenvalue weighted by atomic mass is 10.1. The van der Waals surface area contributed by atoms with E-state index in [2.05, 4.69) is 15.5 Å². The molecule has 0 bridgehead atoms. The SMILES string of the molecule is O=C(CCc1nnc2n(CCc3ccccc3)c(=O)c3ccccc3n12)Nc1cccc(Cl)c1. The fourth-order valence-electron chi connectivity index (χ4n) is 4.08. The first-order chi connectivity index (χ1) is 16.6. The number of fused-ring (bicyclic) bond motifs is 3. The van der Waals surface area contributed by atoms with Crippen molar-refractivity contribution in [2.75, 3.05) is 5.32 Å². The van der Waals surface area contributed by atoms with Gasteiger partial charge in [-0.3, -0.25) is 18.6 Å². The Morgan fingerprint density at radius 1 is 0.912 bits per heavy atom. The Hall–Kier alpha value is -3.97. The molecule has 0 aliphatic heterocycles. The molecule has 5 aromatic rings. The minimum atomic E-state index is -0.152. The minimum Gasteiger partial charge on any atom is -0.326 e. The normalized spacial score (nSPS) is 11.2. The van der Waals surface area contributed by atoms with Crippen molar-refractivity contribution in [3.8, 4) is 0 Å². The summed E-state index contributed by atoms with van der Waals surface area (Å²) in [4.78, 5) is 25.8. The monoisotopic (exact) mass is 471 g/mol. The van der Waals surface area contributed by atoms with Crippen molar-refractivity contribution in [3.05, 3.63) is 106 Å². The summed E-state index contributed by atoms with van der Waals surface area (Å²) in [5.74, 6) is 0.950. The number of anilines is 1. The number of carbonyl (C=O) groups excluding carboxylic acids is 1. The van der Waals surface area contributed by atoms with E-state index in [1.165, 1.54) is 0 Å². The van der Waals surface area contributed by atoms with Gasteiger partial charge in [0.2, 0.25) is 11.7 Å². The molecule has 0 aliphatic carbocycles. The van der Waals surface area contributed by atoms with Crippen LogP contribution < -0.4 is 10.9 Å². The molecule has 2 heterocycles. The molecule has 5 rings (SSSR count). The smallest absolute Gasteiger partial charge is 0.262 e. The van der Waals surface area contributed by atoms with Crippen LogP contribution in [0, 0.1) is 0 Å². The second kappa shape index (κ2) is 9.49. The van der Waals surface area contributed by atoms with Crippen molar-refractivity contribution in [1.29, 1.82) is 0 Å². The number of rotatable bonds is 7. The zero-order chi connectivity index (χ0) is 23.5. The van der Waals surface area contributed by atoms with Gasteiger partial charge in [0.25, 0.3) is 5.56 Å². The number of nitrogens with zero attached hydrogens (tertiary/aromatic N) is 4. The molecule has 0 atom stereocenters. The summed E-state index contributed by atoms with van der Waals surface area (Å²) in [6.45, 7) is 0.477. The maximum absolute atomic E-state index is 13.3. The third-order valence-electron chi connectivity index (χ3n) is 5.73. The van der Waals surface area contributed by atoms with Crippen LogP contribution in [0.3, 0.4) is 0 Å². The van der Waals surface area contributed by atoms with E-state index >= 15 is 0 Å². The van der Waals surface area contributed by atoms with Crippen molar-refractivity contribution in [2.45, 2.75) is 25.8 Å². The third kappa shape index (κ3) is 4.43. The van der Waals surface area contributed by atoms with Gasteiger partial charge in [0, 0.05) is 30.1 Å². The summed E-state index contributed by atoms with van der Waals surface area (Å²) >= 11 is 6.00. The van der Waals surface area contributed by atoms with Gasteiger partial charge in [0.15, 0.2) is 0 Å². The summed E-state index contributed by atoms with van der Waals surface area (Å²) in [6, 6.07) is 24.5. The molecule has 0 saturated heterocycles. The van der Waals surface area contributed by atoms with E-state index in [1.54, 1.807) is 28.8 Å². The van der Waals surface area contributed by atoms with Gasteiger partial charge in [-0.15, -0.1) is 10.2 Å².